The lowest BCUT2D eigenvalue weighted by Crippen LogP contribution is -2.14. The first-order valence-electron chi connectivity index (χ1n) is 7.42. The summed E-state index contributed by atoms with van der Waals surface area (Å²) in [6.45, 7) is 0. The van der Waals surface area contributed by atoms with Gasteiger partial charge in [0.2, 0.25) is 0 Å². The number of carbonyl (C=O) groups is 1. The van der Waals surface area contributed by atoms with Crippen LogP contribution in [0.2, 0.25) is 0 Å². The number of fused-ring (bicyclic) bond motifs is 1. The van der Waals surface area contributed by atoms with Crippen LogP contribution < -0.4 is 5.32 Å². The number of nitrogens with zero attached hydrogens (tertiary/aromatic N) is 3. The Kier molecular flexibility index (Phi) is 3.47. The van der Waals surface area contributed by atoms with Crippen molar-refractivity contribution in [1.29, 1.82) is 0 Å². The van der Waals surface area contributed by atoms with Gasteiger partial charge >= 0.3 is 0 Å². The molecule has 0 saturated carbocycles. The lowest BCUT2D eigenvalue weighted by Gasteiger charge is -2.06. The fourth-order valence-corrected chi connectivity index (χ4v) is 2.40. The zero-order valence-electron chi connectivity index (χ0n) is 12.6. The molecule has 0 radical (unpaired) electrons. The van der Waals surface area contributed by atoms with E-state index < -0.39 is 0 Å². The van der Waals surface area contributed by atoms with E-state index >= 15 is 0 Å². The van der Waals surface area contributed by atoms with E-state index in [4.69, 9.17) is 0 Å². The summed E-state index contributed by atoms with van der Waals surface area (Å²) in [6.07, 6.45) is 4.95. The molecule has 0 atom stereocenters. The second kappa shape index (κ2) is 5.92. The molecular formula is C18H13N5O. The molecule has 4 aromatic rings. The van der Waals surface area contributed by atoms with Gasteiger partial charge in [-0.15, -0.1) is 0 Å². The zero-order chi connectivity index (χ0) is 16.4. The molecule has 24 heavy (non-hydrogen) atoms. The highest BCUT2D eigenvalue weighted by atomic mass is 16.1. The topological polar surface area (TPSA) is 83.6 Å². The Labute approximate surface area is 137 Å². The van der Waals surface area contributed by atoms with Crippen LogP contribution in [0.1, 0.15) is 10.5 Å². The monoisotopic (exact) mass is 315 g/mol. The molecule has 0 bridgehead atoms. The number of hydrogen-bond acceptors (Lipinski definition) is 4. The number of aromatic amines is 1. The molecule has 2 heterocycles. The lowest BCUT2D eigenvalue weighted by atomic mass is 10.2. The molecule has 6 heteroatoms. The van der Waals surface area contributed by atoms with E-state index in [1.165, 1.54) is 6.20 Å². The van der Waals surface area contributed by atoms with Crippen molar-refractivity contribution in [3.63, 3.8) is 0 Å². The van der Waals surface area contributed by atoms with Crippen molar-refractivity contribution >= 4 is 22.6 Å². The number of rotatable bonds is 3. The summed E-state index contributed by atoms with van der Waals surface area (Å²) in [5, 5.41) is 2.82. The Morgan fingerprint density at radius 1 is 0.958 bits per heavy atom. The number of anilines is 1. The highest BCUT2D eigenvalue weighted by Crippen LogP contribution is 2.18. The van der Waals surface area contributed by atoms with E-state index in [0.29, 0.717) is 11.2 Å². The second-order valence-corrected chi connectivity index (χ2v) is 5.21. The van der Waals surface area contributed by atoms with Crippen molar-refractivity contribution in [2.45, 2.75) is 0 Å². The Morgan fingerprint density at radius 2 is 1.75 bits per heavy atom. The van der Waals surface area contributed by atoms with Crippen LogP contribution in [-0.2, 0) is 0 Å². The summed E-state index contributed by atoms with van der Waals surface area (Å²) < 4.78 is 0. The maximum absolute atomic E-state index is 12.3. The fraction of sp³-hybridized carbons (Fsp3) is 0. The van der Waals surface area contributed by atoms with E-state index in [1.807, 2.05) is 48.5 Å². The van der Waals surface area contributed by atoms with Gasteiger partial charge in [0.15, 0.2) is 0 Å². The van der Waals surface area contributed by atoms with Crippen molar-refractivity contribution in [3.8, 4) is 11.4 Å². The summed E-state index contributed by atoms with van der Waals surface area (Å²) in [5.74, 6) is 0.493. The predicted octanol–water partition coefficient (Wildman–Crippen LogP) is 3.27. The molecule has 0 unspecified atom stereocenters. The molecule has 6 nitrogen and oxygen atoms in total. The maximum Gasteiger partial charge on any atom is 0.275 e. The Hall–Kier alpha value is -3.54. The standard InChI is InChI=1S/C18H13N5O/c24-18(16-11-21-14-3-1-2-4-15(14)23-16)22-13-7-5-12(6-8-13)17-19-9-10-20-17/h1-11H,(H,19,20)(H,22,24). The first-order valence-corrected chi connectivity index (χ1v) is 7.42. The molecule has 0 aliphatic rings. The van der Waals surface area contributed by atoms with Crippen LogP contribution in [0.5, 0.6) is 0 Å². The van der Waals surface area contributed by atoms with Gasteiger partial charge in [0.1, 0.15) is 11.5 Å². The number of amides is 1. The molecule has 1 amide bonds. The van der Waals surface area contributed by atoms with Crippen LogP contribution in [0.4, 0.5) is 5.69 Å². The minimum atomic E-state index is -0.293. The molecular weight excluding hydrogens is 302 g/mol. The number of benzene rings is 2. The summed E-state index contributed by atoms with van der Waals surface area (Å²) in [4.78, 5) is 28.2. The summed E-state index contributed by atoms with van der Waals surface area (Å²) >= 11 is 0. The van der Waals surface area contributed by atoms with E-state index in [2.05, 4.69) is 25.3 Å². The summed E-state index contributed by atoms with van der Waals surface area (Å²) in [7, 11) is 0. The normalized spacial score (nSPS) is 10.7. The quantitative estimate of drug-likeness (QED) is 0.608. The molecule has 0 saturated heterocycles. The van der Waals surface area contributed by atoms with Crippen LogP contribution in [0.3, 0.4) is 0 Å². The summed E-state index contributed by atoms with van der Waals surface area (Å²) in [6, 6.07) is 14.9. The van der Waals surface area contributed by atoms with E-state index in [-0.39, 0.29) is 11.6 Å². The van der Waals surface area contributed by atoms with Gasteiger partial charge in [-0.2, -0.15) is 0 Å². The minimum absolute atomic E-state index is 0.281. The number of para-hydroxylation sites is 2. The molecule has 0 fully saturated rings. The Bertz CT molecular complexity index is 994. The van der Waals surface area contributed by atoms with Crippen molar-refractivity contribution in [3.05, 3.63) is 72.8 Å². The van der Waals surface area contributed by atoms with Crippen LogP contribution in [0, 0.1) is 0 Å². The largest absolute Gasteiger partial charge is 0.345 e. The zero-order valence-corrected chi connectivity index (χ0v) is 12.6. The number of imidazole rings is 1. The molecule has 2 aromatic heterocycles. The van der Waals surface area contributed by atoms with Gasteiger partial charge in [-0.1, -0.05) is 12.1 Å². The van der Waals surface area contributed by atoms with Crippen LogP contribution in [0.15, 0.2) is 67.1 Å². The molecule has 116 valence electrons. The van der Waals surface area contributed by atoms with E-state index in [1.54, 1.807) is 12.4 Å². The number of hydrogen-bond donors (Lipinski definition) is 2. The number of aromatic nitrogens is 4. The third-order valence-electron chi connectivity index (χ3n) is 3.60. The van der Waals surface area contributed by atoms with Crippen LogP contribution >= 0.6 is 0 Å². The van der Waals surface area contributed by atoms with Crippen LogP contribution in [0.25, 0.3) is 22.4 Å². The maximum atomic E-state index is 12.3. The predicted molar refractivity (Wildman–Crippen MR) is 91.5 cm³/mol. The van der Waals surface area contributed by atoms with Gasteiger partial charge < -0.3 is 10.3 Å². The van der Waals surface area contributed by atoms with Gasteiger partial charge in [-0.25, -0.2) is 9.97 Å². The molecule has 0 aliphatic heterocycles. The fourth-order valence-electron chi connectivity index (χ4n) is 2.40. The SMILES string of the molecule is O=C(Nc1ccc(-c2ncc[nH]2)cc1)c1cnc2ccccc2n1. The van der Waals surface area contributed by atoms with Crippen molar-refractivity contribution < 1.29 is 4.79 Å². The molecule has 0 spiro atoms. The number of H-pyrrole nitrogens is 1. The average Bonchev–Trinajstić information content (AvgIpc) is 3.16. The van der Waals surface area contributed by atoms with Crippen molar-refractivity contribution in [2.75, 3.05) is 5.32 Å². The molecule has 0 aliphatic carbocycles. The smallest absolute Gasteiger partial charge is 0.275 e. The highest BCUT2D eigenvalue weighted by Gasteiger charge is 2.10. The third kappa shape index (κ3) is 2.72. The first kappa shape index (κ1) is 14.1. The van der Waals surface area contributed by atoms with E-state index in [9.17, 15) is 4.79 Å². The van der Waals surface area contributed by atoms with Crippen LogP contribution in [-0.4, -0.2) is 25.8 Å². The summed E-state index contributed by atoms with van der Waals surface area (Å²) in [5.41, 5.74) is 3.37. The third-order valence-corrected chi connectivity index (χ3v) is 3.60. The second-order valence-electron chi connectivity index (χ2n) is 5.21. The Balaban J connectivity index is 1.54. The highest BCUT2D eigenvalue weighted by molar-refractivity contribution is 6.03. The number of carbonyl (C=O) groups excluding carboxylic acids is 1. The van der Waals surface area contributed by atoms with Gasteiger partial charge in [0, 0.05) is 23.6 Å². The van der Waals surface area contributed by atoms with Gasteiger partial charge in [0.25, 0.3) is 5.91 Å². The minimum Gasteiger partial charge on any atom is -0.345 e. The number of nitrogens with one attached hydrogen (secondary N) is 2. The molecule has 4 rings (SSSR count). The van der Waals surface area contributed by atoms with Crippen molar-refractivity contribution in [2.24, 2.45) is 0 Å². The molecule has 2 aromatic carbocycles. The van der Waals surface area contributed by atoms with Gasteiger partial charge in [-0.3, -0.25) is 9.78 Å². The van der Waals surface area contributed by atoms with E-state index in [0.717, 1.165) is 16.9 Å². The first-order chi connectivity index (χ1) is 11.8. The van der Waals surface area contributed by atoms with Gasteiger partial charge in [0.05, 0.1) is 17.2 Å². The lowest BCUT2D eigenvalue weighted by molar-refractivity contribution is 0.102. The van der Waals surface area contributed by atoms with Gasteiger partial charge in [-0.05, 0) is 36.4 Å². The van der Waals surface area contributed by atoms with Crippen molar-refractivity contribution in [1.82, 2.24) is 19.9 Å². The average molecular weight is 315 g/mol. The Morgan fingerprint density at radius 3 is 2.50 bits per heavy atom. The molecule has 2 N–H and O–H groups in total.